The molecule has 0 bridgehead atoms. The van der Waals surface area contributed by atoms with Crippen LogP contribution in [0.25, 0.3) is 0 Å². The standard InChI is InChI=1S/C15H17N3O2/c1-18(10-13-6-8-16-11-17-13)9-7-12-4-2-3-5-14(12)15(19)20/h2-6,8,11H,7,9-10H2,1H3,(H,19,20). The third-order valence-corrected chi connectivity index (χ3v) is 3.09. The first kappa shape index (κ1) is 14.1. The van der Waals surface area contributed by atoms with Gasteiger partial charge in [-0.2, -0.15) is 0 Å². The molecule has 1 aromatic heterocycles. The van der Waals surface area contributed by atoms with Crippen LogP contribution >= 0.6 is 0 Å². The molecule has 0 aliphatic carbocycles. The van der Waals surface area contributed by atoms with Crippen LogP contribution in [0.5, 0.6) is 0 Å². The van der Waals surface area contributed by atoms with Gasteiger partial charge >= 0.3 is 5.97 Å². The van der Waals surface area contributed by atoms with Gasteiger partial charge in [-0.25, -0.2) is 14.8 Å². The highest BCUT2D eigenvalue weighted by Gasteiger charge is 2.09. The summed E-state index contributed by atoms with van der Waals surface area (Å²) in [5.41, 5.74) is 2.19. The molecule has 1 heterocycles. The Labute approximate surface area is 117 Å². The number of likely N-dealkylation sites (N-methyl/N-ethyl adjacent to an activating group) is 1. The second kappa shape index (κ2) is 6.77. The third kappa shape index (κ3) is 3.86. The Hall–Kier alpha value is -2.27. The molecule has 5 nitrogen and oxygen atoms in total. The summed E-state index contributed by atoms with van der Waals surface area (Å²) in [4.78, 5) is 21.3. The van der Waals surface area contributed by atoms with E-state index in [-0.39, 0.29) is 0 Å². The Kier molecular flexibility index (Phi) is 4.79. The molecule has 1 N–H and O–H groups in total. The maximum absolute atomic E-state index is 11.1. The van der Waals surface area contributed by atoms with Gasteiger partial charge in [0.2, 0.25) is 0 Å². The van der Waals surface area contributed by atoms with Crippen molar-refractivity contribution in [1.82, 2.24) is 14.9 Å². The Bertz CT molecular complexity index is 572. The maximum atomic E-state index is 11.1. The van der Waals surface area contributed by atoms with Crippen LogP contribution in [-0.4, -0.2) is 39.5 Å². The average molecular weight is 271 g/mol. The number of hydrogen-bond acceptors (Lipinski definition) is 4. The summed E-state index contributed by atoms with van der Waals surface area (Å²) in [6, 6.07) is 9.00. The molecule has 20 heavy (non-hydrogen) atoms. The van der Waals surface area contributed by atoms with E-state index < -0.39 is 5.97 Å². The largest absolute Gasteiger partial charge is 0.478 e. The fraction of sp³-hybridized carbons (Fsp3) is 0.267. The quantitative estimate of drug-likeness (QED) is 0.868. The zero-order valence-electron chi connectivity index (χ0n) is 11.4. The molecular weight excluding hydrogens is 254 g/mol. The molecule has 2 rings (SSSR count). The Balaban J connectivity index is 1.94. The van der Waals surface area contributed by atoms with Gasteiger partial charge in [-0.05, 0) is 31.2 Å². The van der Waals surface area contributed by atoms with Crippen molar-refractivity contribution in [3.05, 3.63) is 59.7 Å². The SMILES string of the molecule is CN(CCc1ccccc1C(=O)O)Cc1ccncn1. The number of aromatic carboxylic acids is 1. The van der Waals surface area contributed by atoms with Crippen LogP contribution < -0.4 is 0 Å². The van der Waals surface area contributed by atoms with Gasteiger partial charge in [0, 0.05) is 19.3 Å². The van der Waals surface area contributed by atoms with Crippen LogP contribution in [0.3, 0.4) is 0 Å². The van der Waals surface area contributed by atoms with Gasteiger partial charge < -0.3 is 10.0 Å². The van der Waals surface area contributed by atoms with E-state index in [1.807, 2.05) is 25.2 Å². The summed E-state index contributed by atoms with van der Waals surface area (Å²) in [7, 11) is 1.99. The fourth-order valence-corrected chi connectivity index (χ4v) is 2.03. The van der Waals surface area contributed by atoms with Gasteiger partial charge in [0.1, 0.15) is 6.33 Å². The molecule has 104 valence electrons. The lowest BCUT2D eigenvalue weighted by molar-refractivity contribution is 0.0695. The first-order chi connectivity index (χ1) is 9.66. The summed E-state index contributed by atoms with van der Waals surface area (Å²) in [6.45, 7) is 1.49. The molecule has 0 saturated heterocycles. The average Bonchev–Trinajstić information content (AvgIpc) is 2.46. The smallest absolute Gasteiger partial charge is 0.335 e. The Morgan fingerprint density at radius 1 is 1.30 bits per heavy atom. The van der Waals surface area contributed by atoms with Gasteiger partial charge in [-0.1, -0.05) is 18.2 Å². The Morgan fingerprint density at radius 2 is 2.10 bits per heavy atom. The van der Waals surface area contributed by atoms with Crippen molar-refractivity contribution in [2.45, 2.75) is 13.0 Å². The molecule has 0 aliphatic rings. The molecule has 0 radical (unpaired) electrons. The number of rotatable bonds is 6. The first-order valence-corrected chi connectivity index (χ1v) is 6.41. The Morgan fingerprint density at radius 3 is 2.80 bits per heavy atom. The summed E-state index contributed by atoms with van der Waals surface area (Å²) in [5, 5.41) is 9.14. The minimum atomic E-state index is -0.876. The lowest BCUT2D eigenvalue weighted by Gasteiger charge is -2.16. The van der Waals surface area contributed by atoms with Crippen molar-refractivity contribution in [2.24, 2.45) is 0 Å². The molecule has 0 aliphatic heterocycles. The number of nitrogens with zero attached hydrogens (tertiary/aromatic N) is 3. The van der Waals surface area contributed by atoms with Crippen LogP contribution in [-0.2, 0) is 13.0 Å². The topological polar surface area (TPSA) is 66.3 Å². The monoisotopic (exact) mass is 271 g/mol. The lowest BCUT2D eigenvalue weighted by atomic mass is 10.0. The van der Waals surface area contributed by atoms with Crippen LogP contribution in [0.2, 0.25) is 0 Å². The van der Waals surface area contributed by atoms with E-state index >= 15 is 0 Å². The van der Waals surface area contributed by atoms with Gasteiger partial charge in [-0.3, -0.25) is 0 Å². The van der Waals surface area contributed by atoms with E-state index in [4.69, 9.17) is 5.11 Å². The van der Waals surface area contributed by atoms with Crippen molar-refractivity contribution >= 4 is 5.97 Å². The molecule has 5 heteroatoms. The second-order valence-corrected chi connectivity index (χ2v) is 4.65. The van der Waals surface area contributed by atoms with E-state index in [0.717, 1.165) is 24.3 Å². The first-order valence-electron chi connectivity index (χ1n) is 6.41. The summed E-state index contributed by atoms with van der Waals surface area (Å²) in [5.74, 6) is -0.876. The van der Waals surface area contributed by atoms with Gasteiger partial charge in [0.15, 0.2) is 0 Å². The van der Waals surface area contributed by atoms with E-state index in [1.165, 1.54) is 6.33 Å². The molecule has 0 amide bonds. The third-order valence-electron chi connectivity index (χ3n) is 3.09. The molecule has 0 saturated carbocycles. The predicted octanol–water partition coefficient (Wildman–Crippen LogP) is 1.85. The van der Waals surface area contributed by atoms with E-state index in [2.05, 4.69) is 14.9 Å². The highest BCUT2D eigenvalue weighted by molar-refractivity contribution is 5.89. The molecular formula is C15H17N3O2. The van der Waals surface area contributed by atoms with Crippen molar-refractivity contribution in [3.63, 3.8) is 0 Å². The number of hydrogen-bond donors (Lipinski definition) is 1. The lowest BCUT2D eigenvalue weighted by Crippen LogP contribution is -2.22. The number of aromatic nitrogens is 2. The zero-order chi connectivity index (χ0) is 14.4. The van der Waals surface area contributed by atoms with Crippen molar-refractivity contribution in [3.8, 4) is 0 Å². The normalized spacial score (nSPS) is 10.7. The van der Waals surface area contributed by atoms with E-state index in [1.54, 1.807) is 18.3 Å². The van der Waals surface area contributed by atoms with Crippen molar-refractivity contribution in [1.29, 1.82) is 0 Å². The van der Waals surface area contributed by atoms with Gasteiger partial charge in [0.25, 0.3) is 0 Å². The van der Waals surface area contributed by atoms with E-state index in [0.29, 0.717) is 12.0 Å². The van der Waals surface area contributed by atoms with Crippen LogP contribution in [0, 0.1) is 0 Å². The number of carboxylic acid groups (broad SMARTS) is 1. The molecule has 0 atom stereocenters. The van der Waals surface area contributed by atoms with Crippen LogP contribution in [0.4, 0.5) is 0 Å². The summed E-state index contributed by atoms with van der Waals surface area (Å²) >= 11 is 0. The summed E-state index contributed by atoms with van der Waals surface area (Å²) < 4.78 is 0. The van der Waals surface area contributed by atoms with Crippen LogP contribution in [0.15, 0.2) is 42.9 Å². The highest BCUT2D eigenvalue weighted by atomic mass is 16.4. The maximum Gasteiger partial charge on any atom is 0.335 e. The molecule has 2 aromatic rings. The zero-order valence-corrected chi connectivity index (χ0v) is 11.4. The van der Waals surface area contributed by atoms with Gasteiger partial charge in [0.05, 0.1) is 11.3 Å². The van der Waals surface area contributed by atoms with Crippen molar-refractivity contribution < 1.29 is 9.90 Å². The number of benzene rings is 1. The molecule has 1 aromatic carbocycles. The number of carboxylic acids is 1. The summed E-state index contributed by atoms with van der Waals surface area (Å²) in [6.07, 6.45) is 3.95. The molecule has 0 unspecified atom stereocenters. The van der Waals surface area contributed by atoms with Gasteiger partial charge in [-0.15, -0.1) is 0 Å². The molecule has 0 fully saturated rings. The van der Waals surface area contributed by atoms with E-state index in [9.17, 15) is 4.79 Å². The fourth-order valence-electron chi connectivity index (χ4n) is 2.03. The highest BCUT2D eigenvalue weighted by Crippen LogP contribution is 2.10. The predicted molar refractivity (Wildman–Crippen MR) is 75.5 cm³/mol. The minimum absolute atomic E-state index is 0.378. The second-order valence-electron chi connectivity index (χ2n) is 4.65. The number of carbonyl (C=O) groups is 1. The van der Waals surface area contributed by atoms with Crippen LogP contribution in [0.1, 0.15) is 21.6 Å². The minimum Gasteiger partial charge on any atom is -0.478 e. The molecule has 0 spiro atoms. The van der Waals surface area contributed by atoms with Crippen molar-refractivity contribution in [2.75, 3.05) is 13.6 Å².